The SMILES string of the molecule is Cn1c(C(F)F)nc2ccc(NC(=O)Nc3cccnc3Oc3ccccc3C3(C(F)(F)F)CCO3)cc21. The molecule has 0 saturated carbocycles. The van der Waals surface area contributed by atoms with Gasteiger partial charge in [-0.25, -0.2) is 23.5 Å². The molecule has 0 radical (unpaired) electrons. The molecule has 38 heavy (non-hydrogen) atoms. The maximum Gasteiger partial charge on any atom is 0.421 e. The molecule has 5 rings (SSSR count). The molecule has 3 heterocycles. The predicted molar refractivity (Wildman–Crippen MR) is 127 cm³/mol. The molecule has 1 fully saturated rings. The summed E-state index contributed by atoms with van der Waals surface area (Å²) in [5.41, 5.74) is -1.59. The summed E-state index contributed by atoms with van der Waals surface area (Å²) in [7, 11) is 1.44. The zero-order chi connectivity index (χ0) is 27.1. The summed E-state index contributed by atoms with van der Waals surface area (Å²) in [6.07, 6.45) is -6.33. The number of pyridine rings is 1. The molecule has 4 aromatic rings. The molecule has 0 aliphatic carbocycles. The number of anilines is 2. The number of carbonyl (C=O) groups excluding carboxylic acids is 1. The third-order valence-corrected chi connectivity index (χ3v) is 6.18. The van der Waals surface area contributed by atoms with Crippen molar-refractivity contribution in [2.75, 3.05) is 17.2 Å². The molecule has 2 aromatic heterocycles. The fraction of sp³-hybridized carbons (Fsp3) is 0.240. The second-order valence-corrected chi connectivity index (χ2v) is 8.49. The number of rotatable bonds is 6. The minimum atomic E-state index is -4.67. The number of benzene rings is 2. The highest BCUT2D eigenvalue weighted by Gasteiger charge is 2.62. The fourth-order valence-corrected chi connectivity index (χ4v) is 4.22. The van der Waals surface area contributed by atoms with Gasteiger partial charge < -0.3 is 24.7 Å². The molecular weight excluding hydrogens is 513 g/mol. The normalized spacial score (nSPS) is 17.3. The second kappa shape index (κ2) is 9.56. The van der Waals surface area contributed by atoms with E-state index >= 15 is 0 Å². The van der Waals surface area contributed by atoms with Gasteiger partial charge in [-0.05, 0) is 36.4 Å². The van der Waals surface area contributed by atoms with Crippen molar-refractivity contribution in [3.05, 3.63) is 72.2 Å². The minimum absolute atomic E-state index is 0.0432. The molecule has 2 aromatic carbocycles. The van der Waals surface area contributed by atoms with Crippen molar-refractivity contribution in [3.63, 3.8) is 0 Å². The number of ether oxygens (including phenoxy) is 2. The van der Waals surface area contributed by atoms with E-state index in [0.717, 1.165) is 0 Å². The summed E-state index contributed by atoms with van der Waals surface area (Å²) >= 11 is 0. The second-order valence-electron chi connectivity index (χ2n) is 8.49. The number of halogens is 5. The standard InChI is InChI=1S/C25H20F5N5O3/c1-35-18-13-14(8-9-16(18)33-21(35)20(26)27)32-23(36)34-17-6-4-11-31-22(17)38-19-7-3-2-5-15(19)24(10-12-37-24)25(28,29)30/h2-9,11,13,20H,10,12H2,1H3,(H2,32,34,36). The van der Waals surface area contributed by atoms with Crippen LogP contribution in [0.1, 0.15) is 24.2 Å². The highest BCUT2D eigenvalue weighted by molar-refractivity contribution is 6.01. The zero-order valence-corrected chi connectivity index (χ0v) is 19.7. The van der Waals surface area contributed by atoms with Gasteiger partial charge in [-0.3, -0.25) is 0 Å². The molecule has 1 unspecified atom stereocenters. The van der Waals surface area contributed by atoms with Gasteiger partial charge in [-0.15, -0.1) is 0 Å². The maximum atomic E-state index is 13.9. The number of nitrogens with one attached hydrogen (secondary N) is 2. The molecule has 2 N–H and O–H groups in total. The third kappa shape index (κ3) is 4.49. The van der Waals surface area contributed by atoms with Crippen molar-refractivity contribution in [3.8, 4) is 11.6 Å². The highest BCUT2D eigenvalue weighted by atomic mass is 19.4. The molecule has 0 bridgehead atoms. The maximum absolute atomic E-state index is 13.9. The van der Waals surface area contributed by atoms with Crippen molar-refractivity contribution < 1.29 is 36.2 Å². The number of carbonyl (C=O) groups is 1. The summed E-state index contributed by atoms with van der Waals surface area (Å²) in [4.78, 5) is 20.7. The molecule has 2 amide bonds. The lowest BCUT2D eigenvalue weighted by Crippen LogP contribution is -2.52. The predicted octanol–water partition coefficient (Wildman–Crippen LogP) is 6.52. The minimum Gasteiger partial charge on any atom is -0.437 e. The Balaban J connectivity index is 1.37. The molecule has 1 saturated heterocycles. The topological polar surface area (TPSA) is 90.3 Å². The largest absolute Gasteiger partial charge is 0.437 e. The Morgan fingerprint density at radius 2 is 1.89 bits per heavy atom. The van der Waals surface area contributed by atoms with Gasteiger partial charge in [0.05, 0.1) is 17.6 Å². The molecule has 1 aliphatic rings. The van der Waals surface area contributed by atoms with Crippen LogP contribution in [0.25, 0.3) is 11.0 Å². The molecule has 13 heteroatoms. The molecule has 198 valence electrons. The van der Waals surface area contributed by atoms with Crippen LogP contribution in [0.4, 0.5) is 38.1 Å². The van der Waals surface area contributed by atoms with E-state index in [1.807, 2.05) is 0 Å². The average Bonchev–Trinajstić information content (AvgIpc) is 3.16. The zero-order valence-electron chi connectivity index (χ0n) is 19.7. The van der Waals surface area contributed by atoms with Gasteiger partial charge in [0, 0.05) is 30.9 Å². The Kier molecular flexibility index (Phi) is 6.39. The lowest BCUT2D eigenvalue weighted by atomic mass is 9.85. The van der Waals surface area contributed by atoms with E-state index in [9.17, 15) is 26.7 Å². The molecule has 8 nitrogen and oxygen atoms in total. The van der Waals surface area contributed by atoms with Crippen LogP contribution in [-0.2, 0) is 17.4 Å². The van der Waals surface area contributed by atoms with Crippen LogP contribution in [0.2, 0.25) is 0 Å². The van der Waals surface area contributed by atoms with Crippen molar-refractivity contribution in [1.82, 2.24) is 14.5 Å². The van der Waals surface area contributed by atoms with Crippen LogP contribution < -0.4 is 15.4 Å². The number of fused-ring (bicyclic) bond motifs is 1. The van der Waals surface area contributed by atoms with Gasteiger partial charge in [-0.2, -0.15) is 13.2 Å². The van der Waals surface area contributed by atoms with Crippen LogP contribution in [0.15, 0.2) is 60.8 Å². The number of aromatic nitrogens is 3. The number of hydrogen-bond donors (Lipinski definition) is 2. The monoisotopic (exact) mass is 533 g/mol. The summed E-state index contributed by atoms with van der Waals surface area (Å²) in [5, 5.41) is 5.13. The van der Waals surface area contributed by atoms with E-state index < -0.39 is 30.1 Å². The van der Waals surface area contributed by atoms with Crippen molar-refractivity contribution in [1.29, 1.82) is 0 Å². The van der Waals surface area contributed by atoms with Gasteiger partial charge >= 0.3 is 12.2 Å². The van der Waals surface area contributed by atoms with E-state index in [1.54, 1.807) is 0 Å². The summed E-state index contributed by atoms with van der Waals surface area (Å²) in [6, 6.07) is 12.3. The number of para-hydroxylation sites is 1. The fourth-order valence-electron chi connectivity index (χ4n) is 4.22. The van der Waals surface area contributed by atoms with E-state index in [2.05, 4.69) is 20.6 Å². The number of alkyl halides is 5. The number of amides is 2. The Hall–Kier alpha value is -4.26. The Bertz CT molecular complexity index is 1500. The van der Waals surface area contributed by atoms with Gasteiger partial charge in [-0.1, -0.05) is 18.2 Å². The van der Waals surface area contributed by atoms with Crippen LogP contribution >= 0.6 is 0 Å². The molecule has 1 aliphatic heterocycles. The first-order valence-corrected chi connectivity index (χ1v) is 11.3. The Morgan fingerprint density at radius 3 is 2.58 bits per heavy atom. The van der Waals surface area contributed by atoms with E-state index in [1.165, 1.54) is 72.4 Å². The smallest absolute Gasteiger partial charge is 0.421 e. The summed E-state index contributed by atoms with van der Waals surface area (Å²) in [5.74, 6) is -0.669. The summed E-state index contributed by atoms with van der Waals surface area (Å²) < 4.78 is 79.9. The first-order valence-electron chi connectivity index (χ1n) is 11.3. The van der Waals surface area contributed by atoms with Gasteiger partial charge in [0.1, 0.15) is 11.4 Å². The van der Waals surface area contributed by atoms with E-state index in [4.69, 9.17) is 9.47 Å². The molecule has 0 spiro atoms. The van der Waals surface area contributed by atoms with Crippen molar-refractivity contribution >= 4 is 28.4 Å². The Labute approximate surface area is 212 Å². The third-order valence-electron chi connectivity index (χ3n) is 6.18. The van der Waals surface area contributed by atoms with E-state index in [0.29, 0.717) is 16.7 Å². The average molecular weight is 533 g/mol. The lowest BCUT2D eigenvalue weighted by Gasteiger charge is -2.43. The van der Waals surface area contributed by atoms with E-state index in [-0.39, 0.29) is 35.9 Å². The highest BCUT2D eigenvalue weighted by Crippen LogP contribution is 2.53. The van der Waals surface area contributed by atoms with Gasteiger partial charge in [0.25, 0.3) is 6.43 Å². The number of imidazole rings is 1. The van der Waals surface area contributed by atoms with Crippen molar-refractivity contribution in [2.24, 2.45) is 7.05 Å². The molecule has 1 atom stereocenters. The van der Waals surface area contributed by atoms with Crippen LogP contribution in [0.5, 0.6) is 11.6 Å². The van der Waals surface area contributed by atoms with Crippen LogP contribution in [0, 0.1) is 0 Å². The quantitative estimate of drug-likeness (QED) is 0.276. The molecular formula is C25H20F5N5O3. The lowest BCUT2D eigenvalue weighted by molar-refractivity contribution is -0.333. The Morgan fingerprint density at radius 1 is 1.13 bits per heavy atom. The summed E-state index contributed by atoms with van der Waals surface area (Å²) in [6.45, 7) is -0.0432. The number of hydrogen-bond acceptors (Lipinski definition) is 5. The number of urea groups is 1. The van der Waals surface area contributed by atoms with Gasteiger partial charge in [0.2, 0.25) is 5.88 Å². The first-order chi connectivity index (χ1) is 18.1. The number of aryl methyl sites for hydroxylation is 1. The van der Waals surface area contributed by atoms with Crippen molar-refractivity contribution in [2.45, 2.75) is 24.6 Å². The van der Waals surface area contributed by atoms with Crippen LogP contribution in [0.3, 0.4) is 0 Å². The number of nitrogens with zero attached hydrogens (tertiary/aromatic N) is 3. The van der Waals surface area contributed by atoms with Crippen LogP contribution in [-0.4, -0.2) is 33.3 Å². The first kappa shape index (κ1) is 25.4. The van der Waals surface area contributed by atoms with Gasteiger partial charge in [0.15, 0.2) is 11.4 Å².